The van der Waals surface area contributed by atoms with Gasteiger partial charge in [0.1, 0.15) is 0 Å². The first-order chi connectivity index (χ1) is 10.2. The Kier molecular flexibility index (Phi) is 4.63. The van der Waals surface area contributed by atoms with Crippen molar-refractivity contribution in [2.24, 2.45) is 5.41 Å². The molecule has 116 valence electrons. The van der Waals surface area contributed by atoms with Crippen LogP contribution >= 0.6 is 0 Å². The Morgan fingerprint density at radius 1 is 1.00 bits per heavy atom. The molecule has 2 fully saturated rings. The fraction of sp³-hybridized carbons (Fsp3) is 0.667. The van der Waals surface area contributed by atoms with Crippen molar-refractivity contribution in [3.63, 3.8) is 0 Å². The first-order valence-electron chi connectivity index (χ1n) is 8.28. The van der Waals surface area contributed by atoms with Crippen molar-refractivity contribution in [1.82, 2.24) is 4.90 Å². The van der Waals surface area contributed by atoms with Crippen LogP contribution in [-0.4, -0.2) is 34.3 Å². The number of hydrogen-bond donors (Lipinski definition) is 2. The summed E-state index contributed by atoms with van der Waals surface area (Å²) in [6.07, 6.45) is 7.91. The van der Waals surface area contributed by atoms with Gasteiger partial charge in [-0.3, -0.25) is 4.90 Å². The zero-order chi connectivity index (χ0) is 14.7. The van der Waals surface area contributed by atoms with Crippen molar-refractivity contribution in [3.05, 3.63) is 35.4 Å². The minimum absolute atomic E-state index is 0.104. The molecule has 2 N–H and O–H groups in total. The maximum Gasteiger partial charge on any atom is 0.0681 e. The number of likely N-dealkylation sites (tertiary alicyclic amines) is 1. The van der Waals surface area contributed by atoms with Gasteiger partial charge in [-0.2, -0.15) is 0 Å². The molecule has 0 radical (unpaired) electrons. The van der Waals surface area contributed by atoms with Gasteiger partial charge in [0.05, 0.1) is 13.2 Å². The van der Waals surface area contributed by atoms with Crippen molar-refractivity contribution in [2.45, 2.75) is 57.7 Å². The zero-order valence-electron chi connectivity index (χ0n) is 12.8. The van der Waals surface area contributed by atoms with Gasteiger partial charge in [0.15, 0.2) is 0 Å². The van der Waals surface area contributed by atoms with Gasteiger partial charge in [-0.05, 0) is 42.2 Å². The highest BCUT2D eigenvalue weighted by molar-refractivity contribution is 5.22. The maximum atomic E-state index is 9.68. The second-order valence-corrected chi connectivity index (χ2v) is 6.96. The molecule has 2 aliphatic rings. The number of hydrogen-bond acceptors (Lipinski definition) is 3. The molecule has 0 aromatic heterocycles. The summed E-state index contributed by atoms with van der Waals surface area (Å²) >= 11 is 0. The molecule has 1 saturated heterocycles. The lowest BCUT2D eigenvalue weighted by Crippen LogP contribution is -2.49. The average Bonchev–Trinajstić information content (AvgIpc) is 2.96. The second kappa shape index (κ2) is 6.47. The number of nitrogens with zero attached hydrogens (tertiary/aromatic N) is 1. The van der Waals surface area contributed by atoms with Crippen LogP contribution in [0.3, 0.4) is 0 Å². The van der Waals surface area contributed by atoms with E-state index in [1.54, 1.807) is 0 Å². The van der Waals surface area contributed by atoms with E-state index in [4.69, 9.17) is 5.11 Å². The standard InChI is InChI=1S/C18H27NO2/c20-12-16-5-3-15(4-6-16)11-19-14-18(8-1-2-9-18)10-7-17(19)13-21/h3-6,17,20-21H,1-2,7-14H2. The molecule has 1 spiro atoms. The van der Waals surface area contributed by atoms with Crippen molar-refractivity contribution in [3.8, 4) is 0 Å². The summed E-state index contributed by atoms with van der Waals surface area (Å²) in [4.78, 5) is 2.49. The molecule has 1 atom stereocenters. The fourth-order valence-electron chi connectivity index (χ4n) is 4.20. The monoisotopic (exact) mass is 289 g/mol. The number of aliphatic hydroxyl groups is 2. The van der Waals surface area contributed by atoms with Crippen molar-refractivity contribution < 1.29 is 10.2 Å². The summed E-state index contributed by atoms with van der Waals surface area (Å²) in [5, 5.41) is 18.8. The highest BCUT2D eigenvalue weighted by atomic mass is 16.3. The van der Waals surface area contributed by atoms with E-state index in [2.05, 4.69) is 17.0 Å². The molecule has 1 heterocycles. The molecule has 1 aromatic rings. The van der Waals surface area contributed by atoms with Gasteiger partial charge < -0.3 is 10.2 Å². The van der Waals surface area contributed by atoms with Gasteiger partial charge >= 0.3 is 0 Å². The van der Waals surface area contributed by atoms with Gasteiger partial charge in [0, 0.05) is 19.1 Å². The zero-order valence-corrected chi connectivity index (χ0v) is 12.8. The molecule has 3 rings (SSSR count). The fourth-order valence-corrected chi connectivity index (χ4v) is 4.20. The Hall–Kier alpha value is -0.900. The third-order valence-corrected chi connectivity index (χ3v) is 5.53. The first-order valence-corrected chi connectivity index (χ1v) is 8.28. The Balaban J connectivity index is 1.70. The van der Waals surface area contributed by atoms with Crippen molar-refractivity contribution >= 4 is 0 Å². The summed E-state index contributed by atoms with van der Waals surface area (Å²) in [6, 6.07) is 8.52. The Bertz CT molecular complexity index is 451. The van der Waals surface area contributed by atoms with Crippen LogP contribution in [0.5, 0.6) is 0 Å². The van der Waals surface area contributed by atoms with Crippen LogP contribution in [0.1, 0.15) is 49.7 Å². The number of rotatable bonds is 4. The van der Waals surface area contributed by atoms with Crippen LogP contribution in [0.4, 0.5) is 0 Å². The van der Waals surface area contributed by atoms with Crippen LogP contribution in [0.25, 0.3) is 0 Å². The molecule has 0 bridgehead atoms. The van der Waals surface area contributed by atoms with E-state index in [9.17, 15) is 5.11 Å². The molecule has 3 heteroatoms. The summed E-state index contributed by atoms with van der Waals surface area (Å²) in [5.41, 5.74) is 2.76. The van der Waals surface area contributed by atoms with E-state index < -0.39 is 0 Å². The molecule has 1 aliphatic carbocycles. The first kappa shape index (κ1) is 15.0. The topological polar surface area (TPSA) is 43.7 Å². The van der Waals surface area contributed by atoms with E-state index >= 15 is 0 Å². The summed E-state index contributed by atoms with van der Waals surface area (Å²) in [6.45, 7) is 2.43. The predicted octanol–water partition coefficient (Wildman–Crippen LogP) is 2.70. The highest BCUT2D eigenvalue weighted by Crippen LogP contribution is 2.46. The lowest BCUT2D eigenvalue weighted by atomic mass is 9.76. The molecule has 1 unspecified atom stereocenters. The SMILES string of the molecule is OCc1ccc(CN2CC3(CCCC3)CCC2CO)cc1. The lowest BCUT2D eigenvalue weighted by molar-refractivity contribution is 0.0127. The smallest absolute Gasteiger partial charge is 0.0681 e. The van der Waals surface area contributed by atoms with Crippen LogP contribution in [0.2, 0.25) is 0 Å². The van der Waals surface area contributed by atoms with E-state index in [1.807, 2.05) is 12.1 Å². The molecule has 1 aromatic carbocycles. The highest BCUT2D eigenvalue weighted by Gasteiger charge is 2.40. The lowest BCUT2D eigenvalue weighted by Gasteiger charge is -2.45. The van der Waals surface area contributed by atoms with Gasteiger partial charge in [-0.1, -0.05) is 37.1 Å². The summed E-state index contributed by atoms with van der Waals surface area (Å²) in [5.74, 6) is 0. The second-order valence-electron chi connectivity index (χ2n) is 6.96. The summed E-state index contributed by atoms with van der Waals surface area (Å²) < 4.78 is 0. The van der Waals surface area contributed by atoms with E-state index in [0.717, 1.165) is 25.1 Å². The van der Waals surface area contributed by atoms with Gasteiger partial charge in [0.2, 0.25) is 0 Å². The molecule has 0 amide bonds. The average molecular weight is 289 g/mol. The Morgan fingerprint density at radius 2 is 1.67 bits per heavy atom. The Labute approximate surface area is 127 Å². The normalized spacial score (nSPS) is 25.5. The third kappa shape index (κ3) is 3.31. The van der Waals surface area contributed by atoms with Crippen molar-refractivity contribution in [1.29, 1.82) is 0 Å². The molecular weight excluding hydrogens is 262 g/mol. The molecule has 3 nitrogen and oxygen atoms in total. The maximum absolute atomic E-state index is 9.68. The van der Waals surface area contributed by atoms with Gasteiger partial charge in [-0.25, -0.2) is 0 Å². The Morgan fingerprint density at radius 3 is 2.29 bits per heavy atom. The van der Waals surface area contributed by atoms with Crippen LogP contribution in [-0.2, 0) is 13.2 Å². The molecular formula is C18H27NO2. The quantitative estimate of drug-likeness (QED) is 0.895. The molecule has 21 heavy (non-hydrogen) atoms. The minimum Gasteiger partial charge on any atom is -0.395 e. The molecule has 1 saturated carbocycles. The number of piperidine rings is 1. The molecule has 1 aliphatic heterocycles. The third-order valence-electron chi connectivity index (χ3n) is 5.53. The van der Waals surface area contributed by atoms with E-state index in [0.29, 0.717) is 11.5 Å². The largest absolute Gasteiger partial charge is 0.395 e. The number of benzene rings is 1. The van der Waals surface area contributed by atoms with Crippen molar-refractivity contribution in [2.75, 3.05) is 13.2 Å². The van der Waals surface area contributed by atoms with E-state index in [-0.39, 0.29) is 13.2 Å². The van der Waals surface area contributed by atoms with Gasteiger partial charge in [-0.15, -0.1) is 0 Å². The van der Waals surface area contributed by atoms with Crippen LogP contribution in [0.15, 0.2) is 24.3 Å². The van der Waals surface area contributed by atoms with Gasteiger partial charge in [0.25, 0.3) is 0 Å². The van der Waals surface area contributed by atoms with E-state index in [1.165, 1.54) is 37.7 Å². The summed E-state index contributed by atoms with van der Waals surface area (Å²) in [7, 11) is 0. The van der Waals surface area contributed by atoms with Crippen LogP contribution < -0.4 is 0 Å². The minimum atomic E-state index is 0.104. The van der Waals surface area contributed by atoms with Crippen LogP contribution in [0, 0.1) is 5.41 Å². The number of aliphatic hydroxyl groups excluding tert-OH is 2. The predicted molar refractivity (Wildman–Crippen MR) is 83.8 cm³/mol.